The third-order valence-corrected chi connectivity index (χ3v) is 2.14. The lowest BCUT2D eigenvalue weighted by molar-refractivity contribution is 0.123. The van der Waals surface area contributed by atoms with E-state index in [0.717, 1.165) is 0 Å². The molecule has 2 nitrogen and oxygen atoms in total. The highest BCUT2D eigenvalue weighted by atomic mass is 19.1. The molecule has 0 aromatic heterocycles. The fourth-order valence-electron chi connectivity index (χ4n) is 1.30. The molecule has 1 atom stereocenters. The molecule has 0 fully saturated rings. The highest BCUT2D eigenvalue weighted by Crippen LogP contribution is 2.30. The van der Waals surface area contributed by atoms with Gasteiger partial charge >= 0.3 is 0 Å². The first-order valence-electron chi connectivity index (χ1n) is 4.57. The summed E-state index contributed by atoms with van der Waals surface area (Å²) in [6.45, 7) is 3.74. The third-order valence-electron chi connectivity index (χ3n) is 2.14. The van der Waals surface area contributed by atoms with E-state index in [1.165, 1.54) is 25.3 Å². The molecule has 14 heavy (non-hydrogen) atoms. The van der Waals surface area contributed by atoms with Crippen molar-refractivity contribution in [1.82, 2.24) is 0 Å². The Bertz CT molecular complexity index is 310. The molecule has 1 aromatic rings. The zero-order chi connectivity index (χ0) is 10.7. The van der Waals surface area contributed by atoms with Gasteiger partial charge in [-0.3, -0.25) is 0 Å². The number of aliphatic hydroxyl groups excluding tert-OH is 1. The lowest BCUT2D eigenvalue weighted by Gasteiger charge is -2.17. The molecular weight excluding hydrogens is 183 g/mol. The molecule has 0 amide bonds. The van der Waals surface area contributed by atoms with Crippen LogP contribution < -0.4 is 4.74 Å². The van der Waals surface area contributed by atoms with Gasteiger partial charge in [-0.05, 0) is 24.1 Å². The van der Waals surface area contributed by atoms with Crippen LogP contribution in [0.5, 0.6) is 5.75 Å². The monoisotopic (exact) mass is 198 g/mol. The van der Waals surface area contributed by atoms with Crippen LogP contribution in [0.2, 0.25) is 0 Å². The Kier molecular flexibility index (Phi) is 3.47. The van der Waals surface area contributed by atoms with Gasteiger partial charge in [0, 0.05) is 5.56 Å². The second kappa shape index (κ2) is 4.42. The van der Waals surface area contributed by atoms with E-state index in [9.17, 15) is 9.50 Å². The van der Waals surface area contributed by atoms with Crippen molar-refractivity contribution < 1.29 is 14.2 Å². The van der Waals surface area contributed by atoms with Crippen molar-refractivity contribution in [3.8, 4) is 5.75 Å². The maximum Gasteiger partial charge on any atom is 0.124 e. The fourth-order valence-corrected chi connectivity index (χ4v) is 1.30. The van der Waals surface area contributed by atoms with Crippen LogP contribution in [0.25, 0.3) is 0 Å². The minimum absolute atomic E-state index is 0.0331. The highest BCUT2D eigenvalue weighted by molar-refractivity contribution is 5.35. The number of ether oxygens (including phenoxy) is 1. The largest absolute Gasteiger partial charge is 0.496 e. The number of rotatable bonds is 3. The van der Waals surface area contributed by atoms with Crippen molar-refractivity contribution in [1.29, 1.82) is 0 Å². The Balaban J connectivity index is 3.10. The number of hydrogen-bond acceptors (Lipinski definition) is 2. The summed E-state index contributed by atoms with van der Waals surface area (Å²) in [4.78, 5) is 0. The zero-order valence-electron chi connectivity index (χ0n) is 8.62. The minimum Gasteiger partial charge on any atom is -0.496 e. The van der Waals surface area contributed by atoms with Crippen molar-refractivity contribution in [2.75, 3.05) is 7.11 Å². The van der Waals surface area contributed by atoms with Gasteiger partial charge in [0.2, 0.25) is 0 Å². The maximum absolute atomic E-state index is 12.9. The Labute approximate surface area is 83.3 Å². The lowest BCUT2D eigenvalue weighted by Crippen LogP contribution is -2.07. The number of halogens is 1. The first-order chi connectivity index (χ1) is 6.56. The molecular formula is C11H15FO2. The predicted molar refractivity (Wildman–Crippen MR) is 52.7 cm³/mol. The molecule has 0 saturated heterocycles. The van der Waals surface area contributed by atoms with Gasteiger partial charge in [-0.25, -0.2) is 4.39 Å². The molecule has 1 unspecified atom stereocenters. The van der Waals surface area contributed by atoms with E-state index in [2.05, 4.69) is 0 Å². The first kappa shape index (κ1) is 11.0. The van der Waals surface area contributed by atoms with Crippen LogP contribution in [0.4, 0.5) is 4.39 Å². The molecule has 0 aliphatic carbocycles. The molecule has 0 aliphatic heterocycles. The standard InChI is InChI=1S/C11H15FO2/c1-7(2)11(13)9-6-8(12)4-5-10(9)14-3/h4-7,11,13H,1-3H3. The van der Waals surface area contributed by atoms with Crippen molar-refractivity contribution in [3.63, 3.8) is 0 Å². The van der Waals surface area contributed by atoms with Gasteiger partial charge in [0.15, 0.2) is 0 Å². The van der Waals surface area contributed by atoms with E-state index in [-0.39, 0.29) is 11.7 Å². The van der Waals surface area contributed by atoms with Crippen molar-refractivity contribution in [2.45, 2.75) is 20.0 Å². The lowest BCUT2D eigenvalue weighted by atomic mass is 9.98. The van der Waals surface area contributed by atoms with E-state index in [0.29, 0.717) is 11.3 Å². The van der Waals surface area contributed by atoms with Crippen LogP contribution in [0.1, 0.15) is 25.5 Å². The van der Waals surface area contributed by atoms with E-state index in [1.807, 2.05) is 13.8 Å². The predicted octanol–water partition coefficient (Wildman–Crippen LogP) is 2.52. The van der Waals surface area contributed by atoms with Gasteiger partial charge in [-0.15, -0.1) is 0 Å². The fraction of sp³-hybridized carbons (Fsp3) is 0.455. The maximum atomic E-state index is 12.9. The van der Waals surface area contributed by atoms with Crippen LogP contribution in [-0.2, 0) is 0 Å². The Hall–Kier alpha value is -1.09. The number of hydrogen-bond donors (Lipinski definition) is 1. The molecule has 1 N–H and O–H groups in total. The van der Waals surface area contributed by atoms with Crippen molar-refractivity contribution in [2.24, 2.45) is 5.92 Å². The van der Waals surface area contributed by atoms with Crippen LogP contribution in [0.15, 0.2) is 18.2 Å². The summed E-state index contributed by atoms with van der Waals surface area (Å²) in [5, 5.41) is 9.79. The van der Waals surface area contributed by atoms with Crippen LogP contribution in [0.3, 0.4) is 0 Å². The highest BCUT2D eigenvalue weighted by Gasteiger charge is 2.17. The molecule has 1 rings (SSSR count). The molecule has 0 saturated carbocycles. The Morgan fingerprint density at radius 3 is 2.50 bits per heavy atom. The first-order valence-corrected chi connectivity index (χ1v) is 4.57. The quantitative estimate of drug-likeness (QED) is 0.808. The summed E-state index contributed by atoms with van der Waals surface area (Å²) in [6, 6.07) is 4.15. The number of aliphatic hydroxyl groups is 1. The summed E-state index contributed by atoms with van der Waals surface area (Å²) < 4.78 is 18.0. The summed E-state index contributed by atoms with van der Waals surface area (Å²) >= 11 is 0. The molecule has 0 bridgehead atoms. The van der Waals surface area contributed by atoms with Gasteiger partial charge in [0.25, 0.3) is 0 Å². The second-order valence-corrected chi connectivity index (χ2v) is 3.58. The van der Waals surface area contributed by atoms with Gasteiger partial charge in [-0.2, -0.15) is 0 Å². The molecule has 78 valence electrons. The average Bonchev–Trinajstić information content (AvgIpc) is 2.16. The van der Waals surface area contributed by atoms with Gasteiger partial charge in [-0.1, -0.05) is 13.8 Å². The van der Waals surface area contributed by atoms with E-state index in [4.69, 9.17) is 4.74 Å². The summed E-state index contributed by atoms with van der Waals surface area (Å²) in [5.74, 6) is 0.193. The molecule has 0 heterocycles. The third kappa shape index (κ3) is 2.23. The van der Waals surface area contributed by atoms with Gasteiger partial charge in [0.05, 0.1) is 13.2 Å². The average molecular weight is 198 g/mol. The normalized spacial score (nSPS) is 13.0. The summed E-state index contributed by atoms with van der Waals surface area (Å²) in [5.41, 5.74) is 0.502. The van der Waals surface area contributed by atoms with E-state index >= 15 is 0 Å². The zero-order valence-corrected chi connectivity index (χ0v) is 8.62. The second-order valence-electron chi connectivity index (χ2n) is 3.58. The SMILES string of the molecule is COc1ccc(F)cc1C(O)C(C)C. The number of benzene rings is 1. The number of methoxy groups -OCH3 is 1. The smallest absolute Gasteiger partial charge is 0.124 e. The van der Waals surface area contributed by atoms with Crippen LogP contribution in [-0.4, -0.2) is 12.2 Å². The van der Waals surface area contributed by atoms with Crippen molar-refractivity contribution >= 4 is 0 Å². The summed E-state index contributed by atoms with van der Waals surface area (Å²) in [7, 11) is 1.50. The van der Waals surface area contributed by atoms with Crippen LogP contribution >= 0.6 is 0 Å². The topological polar surface area (TPSA) is 29.5 Å². The molecule has 0 radical (unpaired) electrons. The molecule has 0 aliphatic rings. The van der Waals surface area contributed by atoms with Gasteiger partial charge in [0.1, 0.15) is 11.6 Å². The Morgan fingerprint density at radius 2 is 2.00 bits per heavy atom. The molecule has 0 spiro atoms. The molecule has 3 heteroatoms. The van der Waals surface area contributed by atoms with E-state index < -0.39 is 6.10 Å². The Morgan fingerprint density at radius 1 is 1.36 bits per heavy atom. The minimum atomic E-state index is -0.694. The van der Waals surface area contributed by atoms with Gasteiger partial charge < -0.3 is 9.84 Å². The summed E-state index contributed by atoms with van der Waals surface area (Å²) in [6.07, 6.45) is -0.694. The molecule has 1 aromatic carbocycles. The van der Waals surface area contributed by atoms with E-state index in [1.54, 1.807) is 0 Å². The van der Waals surface area contributed by atoms with Crippen LogP contribution in [0, 0.1) is 11.7 Å². The van der Waals surface area contributed by atoms with Crippen molar-refractivity contribution in [3.05, 3.63) is 29.6 Å².